The van der Waals surface area contributed by atoms with Crippen molar-refractivity contribution in [2.75, 3.05) is 0 Å². The second kappa shape index (κ2) is 12.0. The normalized spacial score (nSPS) is 16.1. The molecular formula is C58H36O. The molecule has 274 valence electrons. The summed E-state index contributed by atoms with van der Waals surface area (Å²) in [5.41, 5.74) is 16.4. The van der Waals surface area contributed by atoms with Crippen LogP contribution in [0.15, 0.2) is 218 Å². The molecule has 0 saturated carbocycles. The summed E-state index contributed by atoms with van der Waals surface area (Å²) in [4.78, 5) is 0. The van der Waals surface area contributed by atoms with Gasteiger partial charge in [-0.05, 0) is 113 Å². The van der Waals surface area contributed by atoms with E-state index in [4.69, 9.17) is 4.74 Å². The van der Waals surface area contributed by atoms with Gasteiger partial charge in [-0.15, -0.1) is 0 Å². The molecule has 3 aliphatic rings. The Morgan fingerprint density at radius 1 is 0.288 bits per heavy atom. The van der Waals surface area contributed by atoms with Gasteiger partial charge in [0.15, 0.2) is 0 Å². The summed E-state index contributed by atoms with van der Waals surface area (Å²) in [6, 6.07) is 81.2. The topological polar surface area (TPSA) is 9.23 Å². The molecule has 0 amide bonds. The molecule has 1 nitrogen and oxygen atoms in total. The summed E-state index contributed by atoms with van der Waals surface area (Å²) in [5, 5.41) is 4.90. The zero-order valence-corrected chi connectivity index (χ0v) is 32.2. The van der Waals surface area contributed by atoms with Crippen LogP contribution in [0.2, 0.25) is 0 Å². The zero-order chi connectivity index (χ0) is 38.7. The molecule has 1 heterocycles. The van der Waals surface area contributed by atoms with Crippen LogP contribution in [0.25, 0.3) is 54.9 Å². The fourth-order valence-corrected chi connectivity index (χ4v) is 11.3. The second-order valence-corrected chi connectivity index (χ2v) is 16.3. The molecule has 2 aliphatic carbocycles. The van der Waals surface area contributed by atoms with E-state index in [-0.39, 0.29) is 0 Å². The van der Waals surface area contributed by atoms with Crippen LogP contribution in [0.5, 0.6) is 11.5 Å². The Labute approximate surface area is 343 Å². The third-order valence-corrected chi connectivity index (χ3v) is 13.6. The first-order chi connectivity index (χ1) is 29.3. The maximum Gasteiger partial charge on any atom is 0.132 e. The highest BCUT2D eigenvalue weighted by atomic mass is 16.5. The van der Waals surface area contributed by atoms with Crippen LogP contribution in [0, 0.1) is 0 Å². The molecule has 10 aromatic carbocycles. The van der Waals surface area contributed by atoms with E-state index < -0.39 is 10.8 Å². The van der Waals surface area contributed by atoms with E-state index in [0.717, 1.165) is 22.6 Å². The number of ether oxygens (including phenoxy) is 1. The Morgan fingerprint density at radius 2 is 0.797 bits per heavy atom. The van der Waals surface area contributed by atoms with Crippen molar-refractivity contribution in [2.24, 2.45) is 0 Å². The molecular weight excluding hydrogens is 713 g/mol. The van der Waals surface area contributed by atoms with Crippen LogP contribution < -0.4 is 4.74 Å². The average molecular weight is 749 g/mol. The lowest BCUT2D eigenvalue weighted by molar-refractivity contribution is 0.437. The van der Waals surface area contributed by atoms with Crippen molar-refractivity contribution in [3.63, 3.8) is 0 Å². The van der Waals surface area contributed by atoms with Crippen LogP contribution >= 0.6 is 0 Å². The van der Waals surface area contributed by atoms with Crippen molar-refractivity contribution in [3.8, 4) is 44.9 Å². The molecule has 13 rings (SSSR count). The molecule has 1 spiro atoms. The Hall–Kier alpha value is -7.48. The molecule has 1 heteroatoms. The Kier molecular flexibility index (Phi) is 6.64. The smallest absolute Gasteiger partial charge is 0.132 e. The van der Waals surface area contributed by atoms with E-state index >= 15 is 0 Å². The van der Waals surface area contributed by atoms with Crippen LogP contribution in [0.4, 0.5) is 0 Å². The minimum absolute atomic E-state index is 0.590. The van der Waals surface area contributed by atoms with Crippen molar-refractivity contribution in [1.29, 1.82) is 0 Å². The molecule has 59 heavy (non-hydrogen) atoms. The molecule has 1 atom stereocenters. The largest absolute Gasteiger partial charge is 0.457 e. The lowest BCUT2D eigenvalue weighted by atomic mass is 9.64. The van der Waals surface area contributed by atoms with Crippen LogP contribution in [-0.2, 0) is 10.8 Å². The maximum absolute atomic E-state index is 7.05. The highest BCUT2D eigenvalue weighted by Crippen LogP contribution is 2.64. The fourth-order valence-electron chi connectivity index (χ4n) is 11.3. The molecule has 0 fully saturated rings. The van der Waals surface area contributed by atoms with Gasteiger partial charge in [-0.25, -0.2) is 0 Å². The number of fused-ring (bicyclic) bond motifs is 15. The van der Waals surface area contributed by atoms with Gasteiger partial charge >= 0.3 is 0 Å². The summed E-state index contributed by atoms with van der Waals surface area (Å²) in [7, 11) is 0. The zero-order valence-electron chi connectivity index (χ0n) is 32.2. The van der Waals surface area contributed by atoms with Crippen molar-refractivity contribution in [1.82, 2.24) is 0 Å². The minimum Gasteiger partial charge on any atom is -0.457 e. The van der Waals surface area contributed by atoms with Gasteiger partial charge in [-0.2, -0.15) is 0 Å². The average Bonchev–Trinajstić information content (AvgIpc) is 3.78. The van der Waals surface area contributed by atoms with Gasteiger partial charge in [0.05, 0.1) is 10.8 Å². The molecule has 0 N–H and O–H groups in total. The number of hydrogen-bond acceptors (Lipinski definition) is 1. The predicted molar refractivity (Wildman–Crippen MR) is 242 cm³/mol. The standard InChI is InChI=1S/C58H36O/c1-2-19-41(20-3-1)57(49-27-13-11-25-46(49)47-32-30-37-16-6-7-22-43(37)56(47)57)48-26-12-8-21-42(48)40-31-33-54-52(35-40)58(53-34-38-17-4-5-18-39(38)36-55(53)59-54)50-28-14-9-23-44(50)45-24-10-15-29-51(45)58/h1-36H. The van der Waals surface area contributed by atoms with Gasteiger partial charge in [0.1, 0.15) is 11.5 Å². The van der Waals surface area contributed by atoms with Crippen LogP contribution in [0.3, 0.4) is 0 Å². The van der Waals surface area contributed by atoms with Gasteiger partial charge in [-0.1, -0.05) is 194 Å². The first-order valence-electron chi connectivity index (χ1n) is 20.6. The van der Waals surface area contributed by atoms with Gasteiger partial charge in [0, 0.05) is 11.1 Å². The summed E-state index contributed by atoms with van der Waals surface area (Å²) in [6.45, 7) is 0. The Bertz CT molecular complexity index is 3330. The summed E-state index contributed by atoms with van der Waals surface area (Å²) >= 11 is 0. The van der Waals surface area contributed by atoms with Gasteiger partial charge in [0.25, 0.3) is 0 Å². The third-order valence-electron chi connectivity index (χ3n) is 13.6. The minimum atomic E-state index is -0.592. The first kappa shape index (κ1) is 32.6. The molecule has 10 aromatic rings. The highest BCUT2D eigenvalue weighted by Gasteiger charge is 2.52. The van der Waals surface area contributed by atoms with Crippen LogP contribution in [0.1, 0.15) is 44.5 Å². The first-order valence-corrected chi connectivity index (χ1v) is 20.6. The molecule has 1 unspecified atom stereocenters. The second-order valence-electron chi connectivity index (χ2n) is 16.3. The highest BCUT2D eigenvalue weighted by molar-refractivity contribution is 6.01. The Balaban J connectivity index is 1.14. The molecule has 0 saturated heterocycles. The Morgan fingerprint density at radius 3 is 1.49 bits per heavy atom. The lowest BCUT2D eigenvalue weighted by Crippen LogP contribution is -2.32. The van der Waals surface area contributed by atoms with Gasteiger partial charge in [-0.3, -0.25) is 0 Å². The number of hydrogen-bond donors (Lipinski definition) is 0. The predicted octanol–water partition coefficient (Wildman–Crippen LogP) is 14.5. The number of rotatable bonds is 3. The van der Waals surface area contributed by atoms with E-state index in [0.29, 0.717) is 0 Å². The van der Waals surface area contributed by atoms with E-state index in [1.54, 1.807) is 0 Å². The summed E-state index contributed by atoms with van der Waals surface area (Å²) in [6.07, 6.45) is 0. The molecule has 0 bridgehead atoms. The lowest BCUT2D eigenvalue weighted by Gasteiger charge is -2.40. The summed E-state index contributed by atoms with van der Waals surface area (Å²) < 4.78 is 7.05. The third kappa shape index (κ3) is 4.19. The van der Waals surface area contributed by atoms with Gasteiger partial charge in [0.2, 0.25) is 0 Å². The monoisotopic (exact) mass is 748 g/mol. The van der Waals surface area contributed by atoms with Crippen LogP contribution in [-0.4, -0.2) is 0 Å². The van der Waals surface area contributed by atoms with Crippen molar-refractivity contribution < 1.29 is 4.74 Å². The molecule has 0 radical (unpaired) electrons. The summed E-state index contributed by atoms with van der Waals surface area (Å²) in [5.74, 6) is 1.80. The maximum atomic E-state index is 7.05. The van der Waals surface area contributed by atoms with Gasteiger partial charge < -0.3 is 4.74 Å². The number of benzene rings is 10. The van der Waals surface area contributed by atoms with E-state index in [1.165, 1.54) is 88.3 Å². The molecule has 1 aliphatic heterocycles. The van der Waals surface area contributed by atoms with E-state index in [2.05, 4.69) is 218 Å². The fraction of sp³-hybridized carbons (Fsp3) is 0.0345. The quantitative estimate of drug-likeness (QED) is 0.175. The van der Waals surface area contributed by atoms with E-state index in [9.17, 15) is 0 Å². The van der Waals surface area contributed by atoms with Crippen molar-refractivity contribution in [3.05, 3.63) is 263 Å². The van der Waals surface area contributed by atoms with Crippen molar-refractivity contribution >= 4 is 21.5 Å². The van der Waals surface area contributed by atoms with E-state index in [1.807, 2.05) is 0 Å². The van der Waals surface area contributed by atoms with Crippen molar-refractivity contribution in [2.45, 2.75) is 10.8 Å². The molecule has 0 aromatic heterocycles. The SMILES string of the molecule is c1ccc(C2(c3ccccc3-c3ccc4c(c3)C3(c5cc6ccccc6cc5O4)c4ccccc4-c4ccccc43)c3ccccc3-c3ccc4ccccc4c32)cc1.